The Balaban J connectivity index is 2.08. The molecule has 0 amide bonds. The number of ether oxygens (including phenoxy) is 1. The Morgan fingerprint density at radius 2 is 2.30 bits per heavy atom. The lowest BCUT2D eigenvalue weighted by Gasteiger charge is -2.07. The van der Waals surface area contributed by atoms with Gasteiger partial charge < -0.3 is 14.4 Å². The van der Waals surface area contributed by atoms with E-state index in [1.54, 1.807) is 18.2 Å². The number of hydrogen-bond acceptors (Lipinski definition) is 5. The summed E-state index contributed by atoms with van der Waals surface area (Å²) in [6, 6.07) is 4.95. The van der Waals surface area contributed by atoms with Gasteiger partial charge in [0.05, 0.1) is 0 Å². The molecule has 2 rings (SSSR count). The number of carboxylic acid groups (broad SMARTS) is 1. The molecule has 0 aliphatic rings. The molecule has 7 heteroatoms. The van der Waals surface area contributed by atoms with E-state index in [-0.39, 0.29) is 17.9 Å². The van der Waals surface area contributed by atoms with E-state index in [2.05, 4.69) is 10.1 Å². The largest absolute Gasteiger partial charge is 0.483 e. The number of carbonyl (C=O) groups is 1. The first-order chi connectivity index (χ1) is 9.60. The van der Waals surface area contributed by atoms with Gasteiger partial charge in [-0.3, -0.25) is 0 Å². The lowest BCUT2D eigenvalue weighted by molar-refractivity contribution is 0.0691. The smallest absolute Gasteiger partial charge is 0.339 e. The average molecular weight is 388 g/mol. The van der Waals surface area contributed by atoms with Crippen LogP contribution in [0.1, 0.15) is 35.4 Å². The Morgan fingerprint density at radius 1 is 1.50 bits per heavy atom. The maximum atomic E-state index is 11.1. The fourth-order valence-electron chi connectivity index (χ4n) is 1.61. The maximum absolute atomic E-state index is 11.1. The van der Waals surface area contributed by atoms with Gasteiger partial charge in [-0.1, -0.05) is 12.1 Å². The zero-order chi connectivity index (χ0) is 14.5. The number of halogens is 1. The summed E-state index contributed by atoms with van der Waals surface area (Å²) in [5.74, 6) is 0.222. The Morgan fingerprint density at radius 3 is 3.00 bits per heavy atom. The van der Waals surface area contributed by atoms with Crippen molar-refractivity contribution >= 4 is 28.6 Å². The van der Waals surface area contributed by atoms with Crippen molar-refractivity contribution in [1.29, 1.82) is 0 Å². The Bertz CT molecular complexity index is 612. The minimum absolute atomic E-state index is 0.0532. The molecular formula is C13H13IN2O4. The zero-order valence-electron chi connectivity index (χ0n) is 10.8. The van der Waals surface area contributed by atoms with Crippen molar-refractivity contribution in [2.24, 2.45) is 0 Å². The van der Waals surface area contributed by atoms with Crippen LogP contribution >= 0.6 is 22.6 Å². The highest BCUT2D eigenvalue weighted by molar-refractivity contribution is 14.1. The van der Waals surface area contributed by atoms with Gasteiger partial charge in [0.2, 0.25) is 0 Å². The molecule has 0 aliphatic heterocycles. The summed E-state index contributed by atoms with van der Waals surface area (Å²) in [5.41, 5.74) is 0.116. The van der Waals surface area contributed by atoms with Crippen LogP contribution in [0.4, 0.5) is 0 Å². The lowest BCUT2D eigenvalue weighted by Crippen LogP contribution is -2.04. The monoisotopic (exact) mass is 388 g/mol. The van der Waals surface area contributed by atoms with Crippen molar-refractivity contribution < 1.29 is 19.2 Å². The summed E-state index contributed by atoms with van der Waals surface area (Å²) in [4.78, 5) is 15.3. The van der Waals surface area contributed by atoms with Crippen LogP contribution in [0.2, 0.25) is 0 Å². The van der Waals surface area contributed by atoms with Gasteiger partial charge in [0, 0.05) is 9.99 Å². The standard InChI is InChI=1S/C13H13IN2O4/c1-2-3-11-15-12(20-16-11)7-19-10-5-4-8(14)6-9(10)13(17)18/h4-6H,2-3,7H2,1H3,(H,17,18). The van der Waals surface area contributed by atoms with Crippen molar-refractivity contribution in [2.75, 3.05) is 0 Å². The molecule has 0 radical (unpaired) electrons. The molecule has 0 saturated carbocycles. The molecule has 1 aromatic heterocycles. The van der Waals surface area contributed by atoms with E-state index in [0.29, 0.717) is 11.7 Å². The second-order valence-corrected chi connectivity index (χ2v) is 5.33. The van der Waals surface area contributed by atoms with E-state index >= 15 is 0 Å². The molecule has 2 aromatic rings. The van der Waals surface area contributed by atoms with Crippen LogP contribution in [-0.2, 0) is 13.0 Å². The fourth-order valence-corrected chi connectivity index (χ4v) is 2.10. The molecule has 1 N–H and O–H groups in total. The molecule has 6 nitrogen and oxygen atoms in total. The van der Waals surface area contributed by atoms with E-state index in [1.807, 2.05) is 29.5 Å². The zero-order valence-corrected chi connectivity index (χ0v) is 13.0. The summed E-state index contributed by atoms with van der Waals surface area (Å²) in [6.45, 7) is 2.08. The maximum Gasteiger partial charge on any atom is 0.339 e. The highest BCUT2D eigenvalue weighted by Gasteiger charge is 2.13. The third-order valence-corrected chi connectivity index (χ3v) is 3.18. The van der Waals surface area contributed by atoms with Crippen molar-refractivity contribution in [3.63, 3.8) is 0 Å². The van der Waals surface area contributed by atoms with Gasteiger partial charge in [0.25, 0.3) is 5.89 Å². The third kappa shape index (κ3) is 3.69. The highest BCUT2D eigenvalue weighted by Crippen LogP contribution is 2.22. The van der Waals surface area contributed by atoms with Gasteiger partial charge in [-0.25, -0.2) is 4.79 Å². The number of hydrogen-bond donors (Lipinski definition) is 1. The summed E-state index contributed by atoms with van der Waals surface area (Å²) in [5, 5.41) is 12.9. The van der Waals surface area contributed by atoms with Crippen LogP contribution in [0, 0.1) is 3.57 Å². The molecule has 0 saturated heterocycles. The van der Waals surface area contributed by atoms with Gasteiger partial charge in [0.1, 0.15) is 11.3 Å². The lowest BCUT2D eigenvalue weighted by atomic mass is 10.2. The van der Waals surface area contributed by atoms with E-state index < -0.39 is 5.97 Å². The van der Waals surface area contributed by atoms with E-state index in [1.165, 1.54) is 0 Å². The summed E-state index contributed by atoms with van der Waals surface area (Å²) in [7, 11) is 0. The molecule has 0 aliphatic carbocycles. The molecule has 0 unspecified atom stereocenters. The van der Waals surface area contributed by atoms with Crippen molar-refractivity contribution in [3.05, 3.63) is 39.0 Å². The van der Waals surface area contributed by atoms with E-state index in [4.69, 9.17) is 14.4 Å². The Labute approximate surface area is 129 Å². The van der Waals surface area contributed by atoms with Gasteiger partial charge >= 0.3 is 5.97 Å². The number of rotatable bonds is 6. The van der Waals surface area contributed by atoms with Crippen LogP contribution in [0.25, 0.3) is 0 Å². The summed E-state index contributed by atoms with van der Waals surface area (Å²) in [6.07, 6.45) is 1.67. The molecule has 0 fully saturated rings. The third-order valence-electron chi connectivity index (χ3n) is 2.51. The highest BCUT2D eigenvalue weighted by atomic mass is 127. The van der Waals surface area contributed by atoms with E-state index in [9.17, 15) is 4.79 Å². The van der Waals surface area contributed by atoms with Crippen LogP contribution < -0.4 is 4.74 Å². The molecule has 1 aromatic carbocycles. The Hall–Kier alpha value is -1.64. The number of carboxylic acids is 1. The fraction of sp³-hybridized carbons (Fsp3) is 0.308. The van der Waals surface area contributed by atoms with Gasteiger partial charge in [-0.15, -0.1) is 0 Å². The molecule has 0 atom stereocenters. The summed E-state index contributed by atoms with van der Waals surface area (Å²) < 4.78 is 11.3. The van der Waals surface area contributed by atoms with Crippen LogP contribution in [-0.4, -0.2) is 21.2 Å². The van der Waals surface area contributed by atoms with Crippen molar-refractivity contribution in [3.8, 4) is 5.75 Å². The van der Waals surface area contributed by atoms with Crippen molar-refractivity contribution in [1.82, 2.24) is 10.1 Å². The molecule has 1 heterocycles. The molecule has 0 spiro atoms. The minimum Gasteiger partial charge on any atom is -0.483 e. The molecular weight excluding hydrogens is 375 g/mol. The molecule has 0 bridgehead atoms. The first kappa shape index (κ1) is 14.8. The first-order valence-electron chi connectivity index (χ1n) is 6.07. The van der Waals surface area contributed by atoms with Gasteiger partial charge in [0.15, 0.2) is 12.4 Å². The molecule has 106 valence electrons. The minimum atomic E-state index is -1.03. The Kier molecular flexibility index (Phi) is 4.94. The van der Waals surface area contributed by atoms with Crippen LogP contribution in [0.3, 0.4) is 0 Å². The number of benzene rings is 1. The summed E-state index contributed by atoms with van der Waals surface area (Å²) >= 11 is 2.05. The van der Waals surface area contributed by atoms with E-state index in [0.717, 1.165) is 16.4 Å². The topological polar surface area (TPSA) is 85.5 Å². The van der Waals surface area contributed by atoms with Gasteiger partial charge in [-0.05, 0) is 47.2 Å². The quantitative estimate of drug-likeness (QED) is 0.767. The van der Waals surface area contributed by atoms with Crippen LogP contribution in [0.15, 0.2) is 22.7 Å². The number of aryl methyl sites for hydroxylation is 1. The second kappa shape index (κ2) is 6.69. The number of aromatic carboxylic acids is 1. The van der Waals surface area contributed by atoms with Gasteiger partial charge in [-0.2, -0.15) is 4.98 Å². The molecule has 20 heavy (non-hydrogen) atoms. The SMILES string of the molecule is CCCc1noc(COc2ccc(I)cc2C(=O)O)n1. The second-order valence-electron chi connectivity index (χ2n) is 4.09. The van der Waals surface area contributed by atoms with Crippen molar-refractivity contribution in [2.45, 2.75) is 26.4 Å². The number of aromatic nitrogens is 2. The normalized spacial score (nSPS) is 10.5. The first-order valence-corrected chi connectivity index (χ1v) is 7.15. The van der Waals surface area contributed by atoms with Crippen LogP contribution in [0.5, 0.6) is 5.75 Å². The predicted molar refractivity (Wildman–Crippen MR) is 78.7 cm³/mol. The predicted octanol–water partition coefficient (Wildman–Crippen LogP) is 2.90. The average Bonchev–Trinajstić information content (AvgIpc) is 2.85. The number of nitrogens with zero attached hydrogens (tertiary/aromatic N) is 2.